The van der Waals surface area contributed by atoms with Crippen molar-refractivity contribution in [2.75, 3.05) is 0 Å². The second-order valence-electron chi connectivity index (χ2n) is 5.53. The van der Waals surface area contributed by atoms with Crippen LogP contribution in [0.1, 0.15) is 15.9 Å². The van der Waals surface area contributed by atoms with Gasteiger partial charge in [0.15, 0.2) is 5.60 Å². The molecule has 0 saturated carbocycles. The summed E-state index contributed by atoms with van der Waals surface area (Å²) in [6.45, 7) is -0.216. The highest BCUT2D eigenvalue weighted by Gasteiger charge is 2.41. The topological polar surface area (TPSA) is 68.0 Å². The van der Waals surface area contributed by atoms with Crippen LogP contribution in [0.25, 0.3) is 0 Å². The lowest BCUT2D eigenvalue weighted by atomic mass is 9.85. The molecule has 0 aliphatic heterocycles. The van der Waals surface area contributed by atoms with Crippen molar-refractivity contribution in [2.45, 2.75) is 12.1 Å². The standard InChI is InChI=1S/C17H11Cl4N3O2/c18-10-1-3-12(14(20)5-10)16(25)17(26,7-24-9-22-8-23-24)13-4-2-11(19)6-15(13)21/h1-6,8-9,26H,7H2. The fourth-order valence-electron chi connectivity index (χ4n) is 2.55. The zero-order chi connectivity index (χ0) is 18.9. The average molecular weight is 431 g/mol. The maximum atomic E-state index is 13.2. The highest BCUT2D eigenvalue weighted by atomic mass is 35.5. The maximum absolute atomic E-state index is 13.2. The van der Waals surface area contributed by atoms with Crippen molar-refractivity contribution in [1.29, 1.82) is 0 Å². The second kappa shape index (κ2) is 7.55. The molecule has 0 bridgehead atoms. The number of benzene rings is 2. The molecule has 1 unspecified atom stereocenters. The van der Waals surface area contributed by atoms with Crippen molar-refractivity contribution in [2.24, 2.45) is 0 Å². The van der Waals surface area contributed by atoms with Gasteiger partial charge in [-0.1, -0.05) is 52.5 Å². The molecule has 0 radical (unpaired) electrons. The SMILES string of the molecule is O=C(c1ccc(Cl)cc1Cl)C(O)(Cn1cncn1)c1ccc(Cl)cc1Cl. The van der Waals surface area contributed by atoms with Crippen molar-refractivity contribution in [3.8, 4) is 0 Å². The number of hydrogen-bond acceptors (Lipinski definition) is 4. The Balaban J connectivity index is 2.15. The predicted octanol–water partition coefficient (Wildman–Crippen LogP) is 4.66. The Labute approximate surface area is 169 Å². The molecule has 0 fully saturated rings. The predicted molar refractivity (Wildman–Crippen MR) is 101 cm³/mol. The minimum absolute atomic E-state index is 0.102. The number of aliphatic hydroxyl groups is 1. The minimum Gasteiger partial charge on any atom is -0.375 e. The van der Waals surface area contributed by atoms with Gasteiger partial charge in [-0.2, -0.15) is 5.10 Å². The fourth-order valence-corrected chi connectivity index (χ4v) is 3.61. The molecule has 3 aromatic rings. The van der Waals surface area contributed by atoms with Crippen LogP contribution in [-0.2, 0) is 12.1 Å². The van der Waals surface area contributed by atoms with E-state index in [0.29, 0.717) is 10.0 Å². The lowest BCUT2D eigenvalue weighted by molar-refractivity contribution is 0.0182. The summed E-state index contributed by atoms with van der Waals surface area (Å²) in [5.41, 5.74) is -1.77. The molecule has 5 nitrogen and oxygen atoms in total. The molecule has 2 aromatic carbocycles. The van der Waals surface area contributed by atoms with Crippen molar-refractivity contribution in [1.82, 2.24) is 14.8 Å². The van der Waals surface area contributed by atoms with Crippen LogP contribution in [-0.4, -0.2) is 25.7 Å². The number of Topliss-reactive ketones (excluding diaryl/α,β-unsaturated/α-hetero) is 1. The van der Waals surface area contributed by atoms with Gasteiger partial charge in [-0.3, -0.25) is 4.79 Å². The minimum atomic E-state index is -2.05. The van der Waals surface area contributed by atoms with Gasteiger partial charge in [0.1, 0.15) is 12.7 Å². The molecule has 3 rings (SSSR count). The molecule has 26 heavy (non-hydrogen) atoms. The van der Waals surface area contributed by atoms with E-state index >= 15 is 0 Å². The van der Waals surface area contributed by atoms with Crippen molar-refractivity contribution >= 4 is 52.2 Å². The molecule has 1 N–H and O–H groups in total. The maximum Gasteiger partial charge on any atom is 0.202 e. The van der Waals surface area contributed by atoms with E-state index in [4.69, 9.17) is 46.4 Å². The largest absolute Gasteiger partial charge is 0.375 e. The first-order valence-electron chi connectivity index (χ1n) is 7.31. The van der Waals surface area contributed by atoms with Crippen LogP contribution >= 0.6 is 46.4 Å². The number of halogens is 4. The molecule has 9 heteroatoms. The normalized spacial score (nSPS) is 13.4. The Kier molecular flexibility index (Phi) is 5.55. The third-order valence-electron chi connectivity index (χ3n) is 3.79. The Hall–Kier alpha value is -1.63. The van der Waals surface area contributed by atoms with Gasteiger partial charge in [-0.15, -0.1) is 0 Å². The number of rotatable bonds is 5. The molecule has 0 saturated heterocycles. The summed E-state index contributed by atoms with van der Waals surface area (Å²) in [4.78, 5) is 17.1. The Morgan fingerprint density at radius 1 is 1.04 bits per heavy atom. The van der Waals surface area contributed by atoms with Crippen molar-refractivity contribution in [3.05, 3.63) is 80.3 Å². The van der Waals surface area contributed by atoms with E-state index in [0.717, 1.165) is 0 Å². The van der Waals surface area contributed by atoms with Gasteiger partial charge in [0.05, 0.1) is 11.6 Å². The zero-order valence-electron chi connectivity index (χ0n) is 13.0. The van der Waals surface area contributed by atoms with E-state index in [-0.39, 0.29) is 27.7 Å². The summed E-state index contributed by atoms with van der Waals surface area (Å²) >= 11 is 24.2. The van der Waals surface area contributed by atoms with Gasteiger partial charge >= 0.3 is 0 Å². The third kappa shape index (κ3) is 3.72. The van der Waals surface area contributed by atoms with Crippen LogP contribution in [0.15, 0.2) is 49.1 Å². The Morgan fingerprint density at radius 2 is 1.69 bits per heavy atom. The molecule has 134 valence electrons. The van der Waals surface area contributed by atoms with Gasteiger partial charge in [-0.25, -0.2) is 9.67 Å². The fraction of sp³-hybridized carbons (Fsp3) is 0.118. The van der Waals surface area contributed by atoms with E-state index in [1.54, 1.807) is 0 Å². The Bertz CT molecular complexity index is 963. The second-order valence-corrected chi connectivity index (χ2v) is 7.22. The molecule has 0 aliphatic rings. The van der Waals surface area contributed by atoms with E-state index in [9.17, 15) is 9.90 Å². The molecular formula is C17H11Cl4N3O2. The summed E-state index contributed by atoms with van der Waals surface area (Å²) in [5.74, 6) is -0.654. The summed E-state index contributed by atoms with van der Waals surface area (Å²) in [7, 11) is 0. The van der Waals surface area contributed by atoms with Gasteiger partial charge in [-0.05, 0) is 30.3 Å². The molecule has 0 aliphatic carbocycles. The number of ketones is 1. The van der Waals surface area contributed by atoms with Crippen LogP contribution in [0.2, 0.25) is 20.1 Å². The van der Waals surface area contributed by atoms with Crippen molar-refractivity contribution < 1.29 is 9.90 Å². The van der Waals surface area contributed by atoms with Crippen LogP contribution in [0, 0.1) is 0 Å². The van der Waals surface area contributed by atoms with Crippen LogP contribution < -0.4 is 0 Å². The van der Waals surface area contributed by atoms with Crippen LogP contribution in [0.5, 0.6) is 0 Å². The van der Waals surface area contributed by atoms with Crippen LogP contribution in [0.4, 0.5) is 0 Å². The third-order valence-corrected chi connectivity index (χ3v) is 4.88. The number of carbonyl (C=O) groups excluding carboxylic acids is 1. The Morgan fingerprint density at radius 3 is 2.27 bits per heavy atom. The number of hydrogen-bond donors (Lipinski definition) is 1. The molecule has 1 aromatic heterocycles. The van der Waals surface area contributed by atoms with Gasteiger partial charge in [0, 0.05) is 26.2 Å². The number of nitrogens with zero attached hydrogens (tertiary/aromatic N) is 3. The van der Waals surface area contributed by atoms with E-state index in [1.807, 2.05) is 0 Å². The number of carbonyl (C=O) groups is 1. The molecular weight excluding hydrogens is 420 g/mol. The molecule has 1 heterocycles. The van der Waals surface area contributed by atoms with E-state index in [1.165, 1.54) is 53.7 Å². The zero-order valence-corrected chi connectivity index (χ0v) is 16.1. The summed E-state index contributed by atoms with van der Waals surface area (Å²) in [6, 6.07) is 8.86. The average Bonchev–Trinajstić information content (AvgIpc) is 3.06. The quantitative estimate of drug-likeness (QED) is 0.597. The first-order valence-corrected chi connectivity index (χ1v) is 8.82. The van der Waals surface area contributed by atoms with Crippen molar-refractivity contribution in [3.63, 3.8) is 0 Å². The van der Waals surface area contributed by atoms with Gasteiger partial charge in [0.25, 0.3) is 0 Å². The summed E-state index contributed by atoms with van der Waals surface area (Å²) in [5, 5.41) is 16.3. The lowest BCUT2D eigenvalue weighted by Crippen LogP contribution is -2.40. The number of aromatic nitrogens is 3. The van der Waals surface area contributed by atoms with Gasteiger partial charge in [0.2, 0.25) is 5.78 Å². The van der Waals surface area contributed by atoms with Crippen LogP contribution in [0.3, 0.4) is 0 Å². The summed E-state index contributed by atoms with van der Waals surface area (Å²) in [6.07, 6.45) is 2.68. The molecule has 0 spiro atoms. The van der Waals surface area contributed by atoms with E-state index in [2.05, 4.69) is 10.1 Å². The van der Waals surface area contributed by atoms with E-state index < -0.39 is 11.4 Å². The summed E-state index contributed by atoms with van der Waals surface area (Å²) < 4.78 is 1.33. The lowest BCUT2D eigenvalue weighted by Gasteiger charge is -2.28. The first-order chi connectivity index (χ1) is 12.3. The monoisotopic (exact) mass is 429 g/mol. The highest BCUT2D eigenvalue weighted by molar-refractivity contribution is 6.37. The van der Waals surface area contributed by atoms with Gasteiger partial charge < -0.3 is 5.11 Å². The first kappa shape index (κ1) is 19.1. The highest BCUT2D eigenvalue weighted by Crippen LogP contribution is 2.36. The molecule has 0 amide bonds. The smallest absolute Gasteiger partial charge is 0.202 e. The molecule has 1 atom stereocenters.